The molecule has 1 aliphatic heterocycles. The first kappa shape index (κ1) is 16.5. The van der Waals surface area contributed by atoms with Crippen LogP contribution in [0.5, 0.6) is 0 Å². The van der Waals surface area contributed by atoms with Gasteiger partial charge in [0.1, 0.15) is 11.8 Å². The van der Waals surface area contributed by atoms with Crippen molar-refractivity contribution in [3.05, 3.63) is 54.5 Å². The van der Waals surface area contributed by atoms with Crippen LogP contribution in [-0.2, 0) is 4.84 Å². The summed E-state index contributed by atoms with van der Waals surface area (Å²) in [7, 11) is 0. The van der Waals surface area contributed by atoms with Crippen molar-refractivity contribution in [3.63, 3.8) is 0 Å². The van der Waals surface area contributed by atoms with Gasteiger partial charge in [0, 0.05) is 11.9 Å². The Bertz CT molecular complexity index is 965. The zero-order chi connectivity index (χ0) is 18.1. The molecule has 1 unspecified atom stereocenters. The molecule has 8 nitrogen and oxygen atoms in total. The highest BCUT2D eigenvalue weighted by atomic mass is 16.7. The van der Waals surface area contributed by atoms with E-state index in [1.54, 1.807) is 4.52 Å². The average molecular weight is 352 g/mol. The maximum absolute atomic E-state index is 9.48. The van der Waals surface area contributed by atoms with Gasteiger partial charge in [-0.15, -0.1) is 5.48 Å². The fourth-order valence-electron chi connectivity index (χ4n) is 2.69. The van der Waals surface area contributed by atoms with Gasteiger partial charge >= 0.3 is 0 Å². The molecule has 0 spiro atoms. The largest absolute Gasteiger partial charge is 0.395 e. The first-order valence-corrected chi connectivity index (χ1v) is 8.34. The van der Waals surface area contributed by atoms with E-state index in [4.69, 9.17) is 4.84 Å². The van der Waals surface area contributed by atoms with E-state index in [-0.39, 0.29) is 12.8 Å². The van der Waals surface area contributed by atoms with E-state index in [0.717, 1.165) is 22.6 Å². The molecular weight excluding hydrogens is 332 g/mol. The highest BCUT2D eigenvalue weighted by Crippen LogP contribution is 2.28. The summed E-state index contributed by atoms with van der Waals surface area (Å²) in [5.41, 5.74) is 5.10. The number of nitrogens with zero attached hydrogens (tertiary/aromatic N) is 4. The second kappa shape index (κ2) is 6.40. The Morgan fingerprint density at radius 3 is 3.04 bits per heavy atom. The number of nitrogens with one attached hydrogen (secondary N) is 2. The number of benzene rings is 1. The third-order valence-electron chi connectivity index (χ3n) is 4.29. The molecule has 0 aliphatic carbocycles. The van der Waals surface area contributed by atoms with E-state index in [2.05, 4.69) is 25.9 Å². The Morgan fingerprint density at radius 2 is 2.19 bits per heavy atom. The van der Waals surface area contributed by atoms with Gasteiger partial charge in [0.25, 0.3) is 0 Å². The summed E-state index contributed by atoms with van der Waals surface area (Å²) >= 11 is 0. The number of fused-ring (bicyclic) bond motifs is 1. The van der Waals surface area contributed by atoms with Crippen LogP contribution in [0.25, 0.3) is 5.52 Å². The second-order valence-electron chi connectivity index (χ2n) is 6.80. The summed E-state index contributed by atoms with van der Waals surface area (Å²) in [4.78, 5) is 14.4. The first-order chi connectivity index (χ1) is 12.6. The summed E-state index contributed by atoms with van der Waals surface area (Å²) in [5.74, 6) is 1.22. The summed E-state index contributed by atoms with van der Waals surface area (Å²) in [6.07, 6.45) is 3.06. The molecule has 0 radical (unpaired) electrons. The van der Waals surface area contributed by atoms with Gasteiger partial charge in [-0.3, -0.25) is 0 Å². The molecule has 1 atom stereocenters. The van der Waals surface area contributed by atoms with Gasteiger partial charge in [-0.25, -0.2) is 14.5 Å². The van der Waals surface area contributed by atoms with Crippen LogP contribution in [0.15, 0.2) is 53.9 Å². The number of aromatic nitrogens is 3. The zero-order valence-electron chi connectivity index (χ0n) is 14.5. The quantitative estimate of drug-likeness (QED) is 0.653. The number of aliphatic hydroxyl groups is 1. The molecule has 3 heterocycles. The number of aliphatic imine (C=N–C) groups is 1. The lowest BCUT2D eigenvalue weighted by molar-refractivity contribution is 0.133. The number of hydrogen-bond donors (Lipinski definition) is 3. The Kier molecular flexibility index (Phi) is 4.06. The SMILES string of the molecule is CC(C)(CO)C1=NC(c2cccc(Nc3ncnn4cccc34)c2)NO1. The van der Waals surface area contributed by atoms with Crippen LogP contribution in [0.3, 0.4) is 0 Å². The van der Waals surface area contributed by atoms with Gasteiger partial charge < -0.3 is 15.3 Å². The Hall–Kier alpha value is -2.97. The average Bonchev–Trinajstić information content (AvgIpc) is 3.32. The second-order valence-corrected chi connectivity index (χ2v) is 6.80. The van der Waals surface area contributed by atoms with Crippen LogP contribution < -0.4 is 10.8 Å². The van der Waals surface area contributed by atoms with Gasteiger partial charge in [0.2, 0.25) is 5.90 Å². The number of rotatable bonds is 5. The van der Waals surface area contributed by atoms with E-state index < -0.39 is 5.41 Å². The molecule has 1 aliphatic rings. The van der Waals surface area contributed by atoms with Crippen molar-refractivity contribution in [3.8, 4) is 0 Å². The summed E-state index contributed by atoms with van der Waals surface area (Å²) < 4.78 is 1.76. The fourth-order valence-corrected chi connectivity index (χ4v) is 2.69. The lowest BCUT2D eigenvalue weighted by atomic mass is 9.95. The molecule has 0 saturated carbocycles. The van der Waals surface area contributed by atoms with E-state index in [9.17, 15) is 5.11 Å². The minimum atomic E-state index is -0.529. The molecule has 3 N–H and O–H groups in total. The molecular formula is C18H20N6O2. The molecule has 0 amide bonds. The normalized spacial score (nSPS) is 17.2. The van der Waals surface area contributed by atoms with E-state index >= 15 is 0 Å². The van der Waals surface area contributed by atoms with Gasteiger partial charge in [-0.2, -0.15) is 5.10 Å². The summed E-state index contributed by atoms with van der Waals surface area (Å²) in [5, 5.41) is 17.0. The van der Waals surface area contributed by atoms with Crippen molar-refractivity contribution in [1.82, 2.24) is 20.1 Å². The standard InChI is InChI=1S/C18H20N6O2/c1-18(2,10-25)17-22-15(23-26-17)12-5-3-6-13(9-12)21-16-14-7-4-8-24(14)20-11-19-16/h3-9,11,15,23,25H,10H2,1-2H3,(H,19,20,21). The topological polar surface area (TPSA) is 96.1 Å². The predicted octanol–water partition coefficient (Wildman–Crippen LogP) is 2.42. The van der Waals surface area contributed by atoms with Gasteiger partial charge in [-0.1, -0.05) is 12.1 Å². The fraction of sp³-hybridized carbons (Fsp3) is 0.278. The predicted molar refractivity (Wildman–Crippen MR) is 98.0 cm³/mol. The van der Waals surface area contributed by atoms with E-state index in [1.165, 1.54) is 6.33 Å². The maximum Gasteiger partial charge on any atom is 0.219 e. The number of anilines is 2. The van der Waals surface area contributed by atoms with Crippen LogP contribution in [0.1, 0.15) is 25.6 Å². The third kappa shape index (κ3) is 3.00. The highest BCUT2D eigenvalue weighted by Gasteiger charge is 2.32. The van der Waals surface area contributed by atoms with Crippen LogP contribution in [0.2, 0.25) is 0 Å². The van der Waals surface area contributed by atoms with Crippen LogP contribution in [0, 0.1) is 5.41 Å². The smallest absolute Gasteiger partial charge is 0.219 e. The van der Waals surface area contributed by atoms with Crippen LogP contribution >= 0.6 is 0 Å². The molecule has 0 fully saturated rings. The molecule has 3 aromatic rings. The summed E-state index contributed by atoms with van der Waals surface area (Å²) in [6.45, 7) is 3.72. The molecule has 8 heteroatoms. The molecule has 4 rings (SSSR count). The minimum absolute atomic E-state index is 0.0388. The molecule has 134 valence electrons. The first-order valence-electron chi connectivity index (χ1n) is 8.34. The van der Waals surface area contributed by atoms with Gasteiger partial charge in [0.15, 0.2) is 12.0 Å². The minimum Gasteiger partial charge on any atom is -0.395 e. The number of aliphatic hydroxyl groups excluding tert-OH is 1. The third-order valence-corrected chi connectivity index (χ3v) is 4.29. The van der Waals surface area contributed by atoms with Crippen molar-refractivity contribution in [2.75, 3.05) is 11.9 Å². The van der Waals surface area contributed by atoms with Crippen molar-refractivity contribution < 1.29 is 9.94 Å². The van der Waals surface area contributed by atoms with Crippen LogP contribution in [0.4, 0.5) is 11.5 Å². The number of hydroxylamine groups is 1. The van der Waals surface area contributed by atoms with Crippen LogP contribution in [-0.4, -0.2) is 32.2 Å². The maximum atomic E-state index is 9.48. The van der Waals surface area contributed by atoms with Gasteiger partial charge in [-0.05, 0) is 43.7 Å². The van der Waals surface area contributed by atoms with Crippen molar-refractivity contribution in [2.24, 2.45) is 10.4 Å². The Morgan fingerprint density at radius 1 is 1.31 bits per heavy atom. The van der Waals surface area contributed by atoms with Gasteiger partial charge in [0.05, 0.1) is 12.0 Å². The molecule has 1 aromatic carbocycles. The van der Waals surface area contributed by atoms with Crippen molar-refractivity contribution in [2.45, 2.75) is 20.0 Å². The van der Waals surface area contributed by atoms with Crippen molar-refractivity contribution >= 4 is 22.9 Å². The molecule has 0 bridgehead atoms. The Labute approximate surface area is 150 Å². The molecule has 26 heavy (non-hydrogen) atoms. The number of hydrogen-bond acceptors (Lipinski definition) is 7. The molecule has 2 aromatic heterocycles. The van der Waals surface area contributed by atoms with E-state index in [0.29, 0.717) is 5.90 Å². The van der Waals surface area contributed by atoms with E-state index in [1.807, 2.05) is 56.4 Å². The lowest BCUT2D eigenvalue weighted by Gasteiger charge is -2.18. The lowest BCUT2D eigenvalue weighted by Crippen LogP contribution is -2.30. The van der Waals surface area contributed by atoms with Crippen molar-refractivity contribution in [1.29, 1.82) is 0 Å². The highest BCUT2D eigenvalue weighted by molar-refractivity contribution is 5.83. The Balaban J connectivity index is 1.59. The zero-order valence-corrected chi connectivity index (χ0v) is 14.5. The summed E-state index contributed by atoms with van der Waals surface area (Å²) in [6, 6.07) is 11.7. The monoisotopic (exact) mass is 352 g/mol. The molecule has 0 saturated heterocycles.